The predicted molar refractivity (Wildman–Crippen MR) is 99.6 cm³/mol. The van der Waals surface area contributed by atoms with Crippen LogP contribution < -0.4 is 5.56 Å². The second kappa shape index (κ2) is 7.05. The van der Waals surface area contributed by atoms with Crippen molar-refractivity contribution in [3.63, 3.8) is 0 Å². The minimum absolute atomic E-state index is 0.106. The van der Waals surface area contributed by atoms with Crippen LogP contribution in [-0.4, -0.2) is 28.1 Å². The van der Waals surface area contributed by atoms with Crippen LogP contribution in [0.3, 0.4) is 0 Å². The number of unbranched alkanes of at least 4 members (excludes halogenated alkanes) is 1. The number of H-pyrrole nitrogens is 1. The Hall–Kier alpha value is -2.33. The molecule has 0 aliphatic carbocycles. The van der Waals surface area contributed by atoms with Crippen LogP contribution in [0.1, 0.15) is 32.3 Å². The Morgan fingerprint density at radius 3 is 2.62 bits per heavy atom. The molecule has 0 amide bonds. The number of aromatic nitrogens is 1. The number of benzene rings is 2. The molecular weight excluding hydrogens is 300 g/mol. The van der Waals surface area contributed by atoms with Crippen LogP contribution in [0.25, 0.3) is 21.7 Å². The Morgan fingerprint density at radius 1 is 1.08 bits per heavy atom. The van der Waals surface area contributed by atoms with Crippen LogP contribution in [0.5, 0.6) is 5.75 Å². The van der Waals surface area contributed by atoms with Crippen molar-refractivity contribution in [3.05, 3.63) is 52.3 Å². The fraction of sp³-hybridized carbons (Fsp3) is 0.350. The van der Waals surface area contributed by atoms with Gasteiger partial charge >= 0.3 is 0 Å². The van der Waals surface area contributed by atoms with E-state index in [-0.39, 0.29) is 11.3 Å². The molecule has 0 unspecified atom stereocenters. The lowest BCUT2D eigenvalue weighted by atomic mass is 10.0. The first-order valence-electron chi connectivity index (χ1n) is 8.63. The average molecular weight is 324 g/mol. The van der Waals surface area contributed by atoms with E-state index in [1.165, 1.54) is 0 Å². The van der Waals surface area contributed by atoms with E-state index < -0.39 is 0 Å². The van der Waals surface area contributed by atoms with Crippen LogP contribution in [0.2, 0.25) is 0 Å². The zero-order valence-corrected chi connectivity index (χ0v) is 14.3. The van der Waals surface area contributed by atoms with Crippen LogP contribution >= 0.6 is 0 Å². The maximum atomic E-state index is 12.6. The van der Waals surface area contributed by atoms with Crippen molar-refractivity contribution in [2.75, 3.05) is 13.1 Å². The van der Waals surface area contributed by atoms with Crippen molar-refractivity contribution in [1.29, 1.82) is 0 Å². The van der Waals surface area contributed by atoms with Crippen molar-refractivity contribution in [3.8, 4) is 5.75 Å². The van der Waals surface area contributed by atoms with Gasteiger partial charge < -0.3 is 10.1 Å². The van der Waals surface area contributed by atoms with Gasteiger partial charge in [-0.3, -0.25) is 9.69 Å². The van der Waals surface area contributed by atoms with E-state index in [9.17, 15) is 9.90 Å². The SMILES string of the molecule is CCCCN(CC)Cc1c(O)c2ccc3ccccc3c2[nH]c1=O. The number of hydrogen-bond acceptors (Lipinski definition) is 3. The van der Waals surface area contributed by atoms with Crippen LogP contribution in [-0.2, 0) is 6.54 Å². The smallest absolute Gasteiger partial charge is 0.256 e. The third kappa shape index (κ3) is 3.02. The van der Waals surface area contributed by atoms with E-state index in [2.05, 4.69) is 23.7 Å². The zero-order chi connectivity index (χ0) is 17.1. The zero-order valence-electron chi connectivity index (χ0n) is 14.3. The molecule has 1 heterocycles. The van der Waals surface area contributed by atoms with Gasteiger partial charge in [0.2, 0.25) is 0 Å². The topological polar surface area (TPSA) is 56.3 Å². The molecule has 4 heteroatoms. The highest BCUT2D eigenvalue weighted by atomic mass is 16.3. The number of pyridine rings is 1. The summed E-state index contributed by atoms with van der Waals surface area (Å²) in [6, 6.07) is 11.7. The number of rotatable bonds is 6. The normalized spacial score (nSPS) is 11.6. The van der Waals surface area contributed by atoms with Crippen molar-refractivity contribution >= 4 is 21.7 Å². The standard InChI is InChI=1S/C20H24N2O2/c1-3-5-12-22(4-2)13-17-19(23)16-11-10-14-8-6-7-9-15(14)18(16)21-20(17)24/h6-11H,3-5,12-13H2,1-2H3,(H2,21,23,24). The van der Waals surface area contributed by atoms with Gasteiger partial charge in [-0.15, -0.1) is 0 Å². The summed E-state index contributed by atoms with van der Waals surface area (Å²) in [7, 11) is 0. The largest absolute Gasteiger partial charge is 0.507 e. The molecule has 2 aromatic carbocycles. The van der Waals surface area contributed by atoms with E-state index in [1.54, 1.807) is 0 Å². The van der Waals surface area contributed by atoms with Crippen molar-refractivity contribution in [1.82, 2.24) is 9.88 Å². The molecule has 4 nitrogen and oxygen atoms in total. The van der Waals surface area contributed by atoms with Gasteiger partial charge in [0.15, 0.2) is 0 Å². The third-order valence-corrected chi connectivity index (χ3v) is 4.64. The maximum absolute atomic E-state index is 12.6. The van der Waals surface area contributed by atoms with Crippen molar-refractivity contribution in [2.45, 2.75) is 33.2 Å². The molecule has 0 radical (unpaired) electrons. The molecule has 0 aliphatic heterocycles. The summed E-state index contributed by atoms with van der Waals surface area (Å²) in [5, 5.41) is 13.4. The van der Waals surface area contributed by atoms with E-state index in [1.807, 2.05) is 36.4 Å². The molecular formula is C20H24N2O2. The molecule has 0 bridgehead atoms. The number of aromatic amines is 1. The first-order chi connectivity index (χ1) is 11.7. The van der Waals surface area contributed by atoms with Gasteiger partial charge in [0.25, 0.3) is 5.56 Å². The summed E-state index contributed by atoms with van der Waals surface area (Å²) in [6.07, 6.45) is 2.20. The molecule has 0 fully saturated rings. The fourth-order valence-corrected chi connectivity index (χ4v) is 3.16. The summed E-state index contributed by atoms with van der Waals surface area (Å²) in [4.78, 5) is 17.8. The summed E-state index contributed by atoms with van der Waals surface area (Å²) in [5.41, 5.74) is 0.956. The van der Waals surface area contributed by atoms with Gasteiger partial charge in [-0.05, 0) is 31.0 Å². The Labute approximate surface area is 141 Å². The maximum Gasteiger partial charge on any atom is 0.256 e. The monoisotopic (exact) mass is 324 g/mol. The Balaban J connectivity index is 2.10. The van der Waals surface area contributed by atoms with Crippen LogP contribution in [0, 0.1) is 0 Å². The molecule has 2 N–H and O–H groups in total. The molecule has 0 saturated carbocycles. The highest BCUT2D eigenvalue weighted by Crippen LogP contribution is 2.30. The second-order valence-corrected chi connectivity index (χ2v) is 6.21. The molecule has 24 heavy (non-hydrogen) atoms. The van der Waals surface area contributed by atoms with Gasteiger partial charge in [-0.1, -0.05) is 50.6 Å². The van der Waals surface area contributed by atoms with Gasteiger partial charge in [0.1, 0.15) is 5.75 Å². The number of nitrogens with one attached hydrogen (secondary N) is 1. The molecule has 0 saturated heterocycles. The summed E-state index contributed by atoms with van der Waals surface area (Å²) in [5.74, 6) is 0.106. The highest BCUT2D eigenvalue weighted by Gasteiger charge is 2.16. The minimum Gasteiger partial charge on any atom is -0.507 e. The average Bonchev–Trinajstić information content (AvgIpc) is 2.61. The fourth-order valence-electron chi connectivity index (χ4n) is 3.16. The number of nitrogens with zero attached hydrogens (tertiary/aromatic N) is 1. The quantitative estimate of drug-likeness (QED) is 0.674. The lowest BCUT2D eigenvalue weighted by Crippen LogP contribution is -2.28. The van der Waals surface area contributed by atoms with Gasteiger partial charge in [0.05, 0.1) is 11.1 Å². The van der Waals surface area contributed by atoms with Gasteiger partial charge in [-0.2, -0.15) is 0 Å². The van der Waals surface area contributed by atoms with Gasteiger partial charge in [-0.25, -0.2) is 0 Å². The summed E-state index contributed by atoms with van der Waals surface area (Å²) < 4.78 is 0. The van der Waals surface area contributed by atoms with E-state index >= 15 is 0 Å². The Bertz CT molecular complexity index is 915. The molecule has 1 aromatic heterocycles. The first kappa shape index (κ1) is 16.5. The van der Waals surface area contributed by atoms with Crippen LogP contribution in [0.15, 0.2) is 41.2 Å². The number of aromatic hydroxyl groups is 1. The molecule has 3 aromatic rings. The van der Waals surface area contributed by atoms with E-state index in [0.29, 0.717) is 23.0 Å². The highest BCUT2D eigenvalue weighted by molar-refractivity contribution is 6.07. The van der Waals surface area contributed by atoms with E-state index in [4.69, 9.17) is 0 Å². The summed E-state index contributed by atoms with van der Waals surface area (Å²) >= 11 is 0. The first-order valence-corrected chi connectivity index (χ1v) is 8.63. The van der Waals surface area contributed by atoms with E-state index in [0.717, 1.165) is 36.7 Å². The minimum atomic E-state index is -0.202. The second-order valence-electron chi connectivity index (χ2n) is 6.21. The molecule has 0 atom stereocenters. The van der Waals surface area contributed by atoms with Gasteiger partial charge in [0, 0.05) is 17.3 Å². The molecule has 0 spiro atoms. The Kier molecular flexibility index (Phi) is 4.86. The molecule has 3 rings (SSSR count). The van der Waals surface area contributed by atoms with Crippen molar-refractivity contribution < 1.29 is 5.11 Å². The van der Waals surface area contributed by atoms with Crippen LogP contribution in [0.4, 0.5) is 0 Å². The van der Waals surface area contributed by atoms with Crippen molar-refractivity contribution in [2.24, 2.45) is 0 Å². The Morgan fingerprint density at radius 2 is 1.88 bits per heavy atom. The lowest BCUT2D eigenvalue weighted by Gasteiger charge is -2.20. The lowest BCUT2D eigenvalue weighted by molar-refractivity contribution is 0.270. The summed E-state index contributed by atoms with van der Waals surface area (Å²) in [6.45, 7) is 6.49. The molecule has 126 valence electrons. The predicted octanol–water partition coefficient (Wildman–Crippen LogP) is 4.01. The number of fused-ring (bicyclic) bond motifs is 3. The molecule has 0 aliphatic rings. The number of hydrogen-bond donors (Lipinski definition) is 2. The third-order valence-electron chi connectivity index (χ3n) is 4.64.